The Morgan fingerprint density at radius 2 is 1.53 bits per heavy atom. The van der Waals surface area contributed by atoms with Crippen LogP contribution in [0.5, 0.6) is 0 Å². The highest BCUT2D eigenvalue weighted by Gasteiger charge is 2.19. The monoisotopic (exact) mass is 240 g/mol. The standard InChI is InChI=1S/C15H28O2/c1-13(16)17-14-9-5-4-7-11-15(2,3)12-8-6-10-14/h14H,4-12H2,1-3H3. The molecule has 0 aliphatic heterocycles. The van der Waals surface area contributed by atoms with Crippen LogP contribution in [-0.4, -0.2) is 12.1 Å². The summed E-state index contributed by atoms with van der Waals surface area (Å²) < 4.78 is 5.38. The number of esters is 1. The molecule has 1 fully saturated rings. The molecule has 0 bridgehead atoms. The van der Waals surface area contributed by atoms with E-state index >= 15 is 0 Å². The molecule has 0 aromatic carbocycles. The Labute approximate surface area is 106 Å². The van der Waals surface area contributed by atoms with E-state index in [-0.39, 0.29) is 12.1 Å². The summed E-state index contributed by atoms with van der Waals surface area (Å²) >= 11 is 0. The average Bonchev–Trinajstić information content (AvgIpc) is 2.24. The fourth-order valence-corrected chi connectivity index (χ4v) is 2.75. The van der Waals surface area contributed by atoms with E-state index in [2.05, 4.69) is 13.8 Å². The van der Waals surface area contributed by atoms with Gasteiger partial charge in [-0.15, -0.1) is 0 Å². The number of carbonyl (C=O) groups is 1. The van der Waals surface area contributed by atoms with Crippen molar-refractivity contribution in [2.24, 2.45) is 5.41 Å². The van der Waals surface area contributed by atoms with Crippen LogP contribution < -0.4 is 0 Å². The lowest BCUT2D eigenvalue weighted by Gasteiger charge is -2.24. The zero-order valence-electron chi connectivity index (χ0n) is 11.8. The highest BCUT2D eigenvalue weighted by Crippen LogP contribution is 2.31. The maximum absolute atomic E-state index is 11.0. The minimum absolute atomic E-state index is 0.120. The summed E-state index contributed by atoms with van der Waals surface area (Å²) in [6.07, 6.45) is 11.2. The Bertz CT molecular complexity index is 233. The summed E-state index contributed by atoms with van der Waals surface area (Å²) in [5, 5.41) is 0. The molecule has 2 heteroatoms. The van der Waals surface area contributed by atoms with Crippen molar-refractivity contribution in [1.82, 2.24) is 0 Å². The van der Waals surface area contributed by atoms with Gasteiger partial charge in [0.15, 0.2) is 0 Å². The fraction of sp³-hybridized carbons (Fsp3) is 0.933. The molecule has 0 saturated heterocycles. The molecule has 0 amide bonds. The molecule has 0 aromatic rings. The van der Waals surface area contributed by atoms with E-state index in [1.807, 2.05) is 0 Å². The molecule has 0 radical (unpaired) electrons. The minimum Gasteiger partial charge on any atom is -0.463 e. The first kappa shape index (κ1) is 14.5. The van der Waals surface area contributed by atoms with Crippen LogP contribution in [0.15, 0.2) is 0 Å². The topological polar surface area (TPSA) is 26.3 Å². The SMILES string of the molecule is CC(=O)OC1CCCCCC(C)(C)CCCC1. The third-order valence-corrected chi connectivity index (χ3v) is 3.84. The van der Waals surface area contributed by atoms with Gasteiger partial charge in [0, 0.05) is 6.92 Å². The van der Waals surface area contributed by atoms with Crippen LogP contribution >= 0.6 is 0 Å². The second-order valence-electron chi connectivity index (χ2n) is 6.24. The lowest BCUT2D eigenvalue weighted by atomic mass is 9.82. The predicted octanol–water partition coefficient (Wildman–Crippen LogP) is 4.47. The third kappa shape index (κ3) is 6.70. The van der Waals surface area contributed by atoms with E-state index in [4.69, 9.17) is 4.74 Å². The fourth-order valence-electron chi connectivity index (χ4n) is 2.75. The summed E-state index contributed by atoms with van der Waals surface area (Å²) in [7, 11) is 0. The first-order valence-electron chi connectivity index (χ1n) is 7.17. The predicted molar refractivity (Wildman–Crippen MR) is 70.9 cm³/mol. The van der Waals surface area contributed by atoms with Crippen molar-refractivity contribution < 1.29 is 9.53 Å². The number of hydrogen-bond donors (Lipinski definition) is 0. The van der Waals surface area contributed by atoms with Crippen LogP contribution in [0.1, 0.15) is 78.6 Å². The molecule has 0 N–H and O–H groups in total. The second kappa shape index (κ2) is 7.03. The number of ether oxygens (including phenoxy) is 1. The quantitative estimate of drug-likeness (QED) is 0.632. The minimum atomic E-state index is -0.120. The summed E-state index contributed by atoms with van der Waals surface area (Å²) in [5.41, 5.74) is 0.501. The molecule has 2 nitrogen and oxygen atoms in total. The van der Waals surface area contributed by atoms with Gasteiger partial charge in [0.25, 0.3) is 0 Å². The second-order valence-corrected chi connectivity index (χ2v) is 6.24. The average molecular weight is 240 g/mol. The van der Waals surface area contributed by atoms with Gasteiger partial charge in [0.1, 0.15) is 6.10 Å². The van der Waals surface area contributed by atoms with Gasteiger partial charge in [0.2, 0.25) is 0 Å². The van der Waals surface area contributed by atoms with Gasteiger partial charge in [0.05, 0.1) is 0 Å². The van der Waals surface area contributed by atoms with E-state index in [0.29, 0.717) is 5.41 Å². The lowest BCUT2D eigenvalue weighted by Crippen LogP contribution is -2.16. The molecule has 1 aliphatic rings. The molecule has 0 heterocycles. The van der Waals surface area contributed by atoms with Crippen LogP contribution in [-0.2, 0) is 9.53 Å². The van der Waals surface area contributed by atoms with Gasteiger partial charge in [-0.25, -0.2) is 0 Å². The van der Waals surface area contributed by atoms with Crippen molar-refractivity contribution in [2.75, 3.05) is 0 Å². The zero-order chi connectivity index (χ0) is 12.7. The smallest absolute Gasteiger partial charge is 0.302 e. The van der Waals surface area contributed by atoms with Crippen molar-refractivity contribution in [3.05, 3.63) is 0 Å². The Balaban J connectivity index is 2.41. The lowest BCUT2D eigenvalue weighted by molar-refractivity contribution is -0.147. The maximum Gasteiger partial charge on any atom is 0.302 e. The summed E-state index contributed by atoms with van der Waals surface area (Å²) in [4.78, 5) is 11.0. The normalized spacial score (nSPS) is 26.9. The highest BCUT2D eigenvalue weighted by molar-refractivity contribution is 5.66. The molecule has 100 valence electrons. The van der Waals surface area contributed by atoms with Crippen molar-refractivity contribution in [3.8, 4) is 0 Å². The summed E-state index contributed by atoms with van der Waals surface area (Å²) in [5.74, 6) is -0.120. The molecule has 1 saturated carbocycles. The van der Waals surface area contributed by atoms with Crippen LogP contribution in [0.4, 0.5) is 0 Å². The van der Waals surface area contributed by atoms with Crippen LogP contribution in [0, 0.1) is 5.41 Å². The van der Waals surface area contributed by atoms with Gasteiger partial charge in [-0.3, -0.25) is 4.79 Å². The van der Waals surface area contributed by atoms with Crippen molar-refractivity contribution in [1.29, 1.82) is 0 Å². The highest BCUT2D eigenvalue weighted by atomic mass is 16.5. The molecule has 0 spiro atoms. The molecule has 1 aliphatic carbocycles. The van der Waals surface area contributed by atoms with Crippen molar-refractivity contribution >= 4 is 5.97 Å². The Hall–Kier alpha value is -0.530. The van der Waals surface area contributed by atoms with Crippen LogP contribution in [0.3, 0.4) is 0 Å². The van der Waals surface area contributed by atoms with Crippen molar-refractivity contribution in [3.63, 3.8) is 0 Å². The molecule has 1 unspecified atom stereocenters. The van der Waals surface area contributed by atoms with Gasteiger partial charge >= 0.3 is 5.97 Å². The van der Waals surface area contributed by atoms with Gasteiger partial charge in [-0.1, -0.05) is 33.1 Å². The molecular weight excluding hydrogens is 212 g/mol. The van der Waals surface area contributed by atoms with E-state index in [9.17, 15) is 4.79 Å². The molecule has 1 atom stereocenters. The third-order valence-electron chi connectivity index (χ3n) is 3.84. The maximum atomic E-state index is 11.0. The Kier molecular flexibility index (Phi) is 6.01. The van der Waals surface area contributed by atoms with E-state index in [0.717, 1.165) is 12.8 Å². The first-order valence-corrected chi connectivity index (χ1v) is 7.17. The first-order chi connectivity index (χ1) is 7.99. The molecular formula is C15H28O2. The van der Waals surface area contributed by atoms with E-state index in [1.165, 1.54) is 51.9 Å². The Morgan fingerprint density at radius 1 is 1.00 bits per heavy atom. The van der Waals surface area contributed by atoms with E-state index in [1.54, 1.807) is 0 Å². The van der Waals surface area contributed by atoms with E-state index < -0.39 is 0 Å². The number of carbonyl (C=O) groups excluding carboxylic acids is 1. The summed E-state index contributed by atoms with van der Waals surface area (Å²) in [6.45, 7) is 6.29. The number of hydrogen-bond acceptors (Lipinski definition) is 2. The van der Waals surface area contributed by atoms with Crippen LogP contribution in [0.25, 0.3) is 0 Å². The van der Waals surface area contributed by atoms with Crippen LogP contribution in [0.2, 0.25) is 0 Å². The summed E-state index contributed by atoms with van der Waals surface area (Å²) in [6, 6.07) is 0. The molecule has 17 heavy (non-hydrogen) atoms. The molecule has 1 rings (SSSR count). The molecule has 0 aromatic heterocycles. The largest absolute Gasteiger partial charge is 0.463 e. The Morgan fingerprint density at radius 3 is 2.12 bits per heavy atom. The van der Waals surface area contributed by atoms with Crippen molar-refractivity contribution in [2.45, 2.75) is 84.7 Å². The number of rotatable bonds is 1. The van der Waals surface area contributed by atoms with Gasteiger partial charge in [-0.2, -0.15) is 0 Å². The van der Waals surface area contributed by atoms with Gasteiger partial charge < -0.3 is 4.74 Å². The zero-order valence-corrected chi connectivity index (χ0v) is 11.8. The van der Waals surface area contributed by atoms with Gasteiger partial charge in [-0.05, 0) is 43.9 Å².